The second kappa shape index (κ2) is 9.68. The van der Waals surface area contributed by atoms with E-state index >= 15 is 4.39 Å². The normalized spacial score (nSPS) is 18.7. The number of carbonyl (C=O) groups excluding carboxylic acids is 1. The van der Waals surface area contributed by atoms with Gasteiger partial charge in [-0.25, -0.2) is 9.18 Å². The van der Waals surface area contributed by atoms with E-state index in [0.29, 0.717) is 42.5 Å². The average Bonchev–Trinajstić information content (AvgIpc) is 3.37. The number of cyclic esters (lactones) is 1. The van der Waals surface area contributed by atoms with Crippen LogP contribution in [0.15, 0.2) is 30.3 Å². The highest BCUT2D eigenvalue weighted by molar-refractivity contribution is 7.81. The second-order valence-electron chi connectivity index (χ2n) is 7.88. The van der Waals surface area contributed by atoms with Crippen molar-refractivity contribution in [3.63, 3.8) is 0 Å². The molecule has 1 amide bonds. The number of thiocarbonyl (C=S) groups is 2. The Balaban J connectivity index is 1.37. The number of benzene rings is 1. The van der Waals surface area contributed by atoms with E-state index < -0.39 is 6.09 Å². The van der Waals surface area contributed by atoms with Crippen LogP contribution in [0.5, 0.6) is 0 Å². The molecule has 0 spiro atoms. The molecule has 170 valence electrons. The van der Waals surface area contributed by atoms with Gasteiger partial charge in [-0.1, -0.05) is 24.4 Å². The molecule has 2 aromatic rings. The monoisotopic (exact) mass is 492 g/mol. The third-order valence-corrected chi connectivity index (χ3v) is 7.31. The van der Waals surface area contributed by atoms with Crippen molar-refractivity contribution < 1.29 is 13.9 Å². The summed E-state index contributed by atoms with van der Waals surface area (Å²) in [5.41, 5.74) is 1.03. The van der Waals surface area contributed by atoms with E-state index in [1.54, 1.807) is 30.4 Å². The lowest BCUT2D eigenvalue weighted by atomic mass is 10.2. The Kier molecular flexibility index (Phi) is 6.92. The summed E-state index contributed by atoms with van der Waals surface area (Å²) in [7, 11) is 0. The number of nitrogens with one attached hydrogen (secondary N) is 1. The minimum atomic E-state index is -0.475. The third kappa shape index (κ3) is 5.02. The van der Waals surface area contributed by atoms with Gasteiger partial charge in [0.05, 0.1) is 34.3 Å². The Labute approximate surface area is 201 Å². The summed E-state index contributed by atoms with van der Waals surface area (Å²) >= 11 is 12.3. The zero-order valence-corrected chi connectivity index (χ0v) is 20.4. The van der Waals surface area contributed by atoms with Crippen molar-refractivity contribution in [3.05, 3.63) is 45.9 Å². The van der Waals surface area contributed by atoms with E-state index in [9.17, 15) is 4.79 Å². The lowest BCUT2D eigenvalue weighted by molar-refractivity contribution is 0.143. The lowest BCUT2D eigenvalue weighted by Gasteiger charge is -2.37. The van der Waals surface area contributed by atoms with E-state index in [2.05, 4.69) is 29.3 Å². The van der Waals surface area contributed by atoms with Crippen LogP contribution in [0, 0.1) is 12.7 Å². The molecule has 2 aliphatic heterocycles. The first kappa shape index (κ1) is 22.9. The maximum atomic E-state index is 15.0. The highest BCUT2D eigenvalue weighted by Gasteiger charge is 2.33. The van der Waals surface area contributed by atoms with Gasteiger partial charge in [0.1, 0.15) is 16.9 Å². The first-order chi connectivity index (χ1) is 15.3. The Hall–Kier alpha value is -2.30. The van der Waals surface area contributed by atoms with E-state index in [1.165, 1.54) is 15.8 Å². The predicted octanol–water partition coefficient (Wildman–Crippen LogP) is 3.96. The van der Waals surface area contributed by atoms with Crippen molar-refractivity contribution in [1.82, 2.24) is 10.2 Å². The molecule has 0 bridgehead atoms. The highest BCUT2D eigenvalue weighted by atomic mass is 32.1. The number of nitrogens with zero attached hydrogens (tertiary/aromatic N) is 3. The number of carbonyl (C=O) groups is 1. The largest absolute Gasteiger partial charge is 0.442 e. The second-order valence-corrected chi connectivity index (χ2v) is 10.2. The van der Waals surface area contributed by atoms with Gasteiger partial charge in [0.15, 0.2) is 0 Å². The van der Waals surface area contributed by atoms with Gasteiger partial charge in [0.2, 0.25) is 0 Å². The van der Waals surface area contributed by atoms with E-state index in [-0.39, 0.29) is 11.9 Å². The number of ether oxygens (including phenoxy) is 1. The molecule has 2 fully saturated rings. The summed E-state index contributed by atoms with van der Waals surface area (Å²) in [4.78, 5) is 21.7. The molecular weight excluding hydrogens is 467 g/mol. The number of thiophene rings is 1. The summed E-state index contributed by atoms with van der Waals surface area (Å²) in [6, 6.07) is 9.05. The van der Waals surface area contributed by atoms with Crippen LogP contribution in [0.3, 0.4) is 0 Å². The van der Waals surface area contributed by atoms with Crippen LogP contribution in [0.1, 0.15) is 16.7 Å². The number of halogens is 1. The highest BCUT2D eigenvalue weighted by Crippen LogP contribution is 2.29. The molecule has 1 atom stereocenters. The fourth-order valence-corrected chi connectivity index (χ4v) is 5.17. The zero-order chi connectivity index (χ0) is 22.8. The molecule has 10 heteroatoms. The number of piperazine rings is 1. The molecular formula is C22H25FN4O2S3. The molecule has 4 rings (SSSR count). The van der Waals surface area contributed by atoms with Gasteiger partial charge in [-0.05, 0) is 44.2 Å². The number of rotatable bonds is 5. The molecule has 1 N–H and O–H groups in total. The smallest absolute Gasteiger partial charge is 0.414 e. The molecule has 0 saturated carbocycles. The van der Waals surface area contributed by atoms with Crippen molar-refractivity contribution in [2.45, 2.75) is 20.0 Å². The minimum Gasteiger partial charge on any atom is -0.442 e. The number of hydrogen-bond donors (Lipinski definition) is 1. The molecule has 3 heterocycles. The SMILES string of the molecule is CC(=S)NC[C@H]1CN(c2ccc(N3CCN(C(=S)c4ccc(C)s4)CC3)c(F)c2)C(=O)O1. The summed E-state index contributed by atoms with van der Waals surface area (Å²) < 4.78 is 20.4. The zero-order valence-electron chi connectivity index (χ0n) is 18.0. The first-order valence-corrected chi connectivity index (χ1v) is 12.1. The van der Waals surface area contributed by atoms with Crippen molar-refractivity contribution in [2.75, 3.05) is 49.1 Å². The Bertz CT molecular complexity index is 1040. The number of amides is 1. The lowest BCUT2D eigenvalue weighted by Crippen LogP contribution is -2.48. The molecule has 2 aliphatic rings. The molecule has 0 radical (unpaired) electrons. The fraction of sp³-hybridized carbons (Fsp3) is 0.409. The Morgan fingerprint density at radius 3 is 2.59 bits per heavy atom. The van der Waals surface area contributed by atoms with Crippen molar-refractivity contribution >= 4 is 63.2 Å². The molecule has 1 aromatic heterocycles. The summed E-state index contributed by atoms with van der Waals surface area (Å²) in [5.74, 6) is -0.350. The molecule has 2 saturated heterocycles. The van der Waals surface area contributed by atoms with Crippen molar-refractivity contribution in [1.29, 1.82) is 0 Å². The molecule has 32 heavy (non-hydrogen) atoms. The quantitative estimate of drug-likeness (QED) is 0.634. The van der Waals surface area contributed by atoms with Crippen LogP contribution in [-0.4, -0.2) is 66.3 Å². The number of hydrogen-bond acceptors (Lipinski definition) is 6. The van der Waals surface area contributed by atoms with Gasteiger partial charge in [-0.2, -0.15) is 0 Å². The van der Waals surface area contributed by atoms with Crippen LogP contribution in [0.4, 0.5) is 20.6 Å². The van der Waals surface area contributed by atoms with Gasteiger partial charge >= 0.3 is 6.09 Å². The maximum absolute atomic E-state index is 15.0. The number of anilines is 2. The molecule has 1 aromatic carbocycles. The van der Waals surface area contributed by atoms with Gasteiger partial charge in [0, 0.05) is 31.1 Å². The minimum absolute atomic E-state index is 0.327. The van der Waals surface area contributed by atoms with Gasteiger partial charge in [-0.15, -0.1) is 11.3 Å². The molecule has 6 nitrogen and oxygen atoms in total. The van der Waals surface area contributed by atoms with Crippen LogP contribution >= 0.6 is 35.8 Å². The fourth-order valence-electron chi connectivity index (χ4n) is 3.87. The average molecular weight is 493 g/mol. The summed E-state index contributed by atoms with van der Waals surface area (Å²) in [6.45, 7) is 7.47. The molecule has 0 unspecified atom stereocenters. The third-order valence-electron chi connectivity index (χ3n) is 5.55. The topological polar surface area (TPSA) is 48.0 Å². The number of aryl methyl sites for hydroxylation is 1. The molecule has 0 aliphatic carbocycles. The van der Waals surface area contributed by atoms with Crippen LogP contribution < -0.4 is 15.1 Å². The van der Waals surface area contributed by atoms with Crippen molar-refractivity contribution in [3.8, 4) is 0 Å². The van der Waals surface area contributed by atoms with E-state index in [4.69, 9.17) is 29.2 Å². The summed E-state index contributed by atoms with van der Waals surface area (Å²) in [6.07, 6.45) is -0.802. The van der Waals surface area contributed by atoms with Crippen LogP contribution in [0.25, 0.3) is 0 Å². The van der Waals surface area contributed by atoms with Crippen molar-refractivity contribution in [2.24, 2.45) is 0 Å². The standard InChI is InChI=1S/C22H25FN4O2S3/c1-14-3-6-20(32-14)21(31)26-9-7-25(8-10-26)19-5-4-16(11-18(19)23)27-13-17(29-22(27)28)12-24-15(2)30/h3-6,11,17H,7-10,12-13H2,1-2H3,(H,24,30)/t17-/m0/s1. The van der Waals surface area contributed by atoms with Crippen LogP contribution in [-0.2, 0) is 4.74 Å². The van der Waals surface area contributed by atoms with Gasteiger partial charge in [-0.3, -0.25) is 4.90 Å². The summed E-state index contributed by atoms with van der Waals surface area (Å²) in [5, 5.41) is 3.00. The van der Waals surface area contributed by atoms with E-state index in [1.807, 2.05) is 4.90 Å². The Morgan fingerprint density at radius 1 is 1.22 bits per heavy atom. The maximum Gasteiger partial charge on any atom is 0.414 e. The van der Waals surface area contributed by atoms with Gasteiger partial charge < -0.3 is 19.9 Å². The predicted molar refractivity (Wildman–Crippen MR) is 135 cm³/mol. The van der Waals surface area contributed by atoms with E-state index in [0.717, 1.165) is 23.0 Å². The Morgan fingerprint density at radius 2 is 1.97 bits per heavy atom. The van der Waals surface area contributed by atoms with Gasteiger partial charge in [0.25, 0.3) is 0 Å². The van der Waals surface area contributed by atoms with Crippen LogP contribution in [0.2, 0.25) is 0 Å². The first-order valence-electron chi connectivity index (χ1n) is 10.4.